The third-order valence-electron chi connectivity index (χ3n) is 2.66. The Morgan fingerprint density at radius 1 is 1.40 bits per heavy atom. The van der Waals surface area contributed by atoms with Gasteiger partial charge in [0.2, 0.25) is 0 Å². The molecule has 106 valence electrons. The van der Waals surface area contributed by atoms with Crippen LogP contribution < -0.4 is 10.1 Å². The number of carbonyl (C=O) groups excluding carboxylic acids is 1. The number of anilines is 1. The average Bonchev–Trinajstić information content (AvgIpc) is 2.78. The molecule has 0 atom stereocenters. The van der Waals surface area contributed by atoms with Gasteiger partial charge in [0.15, 0.2) is 11.7 Å². The molecule has 1 amide bonds. The van der Waals surface area contributed by atoms with Crippen LogP contribution >= 0.6 is 11.3 Å². The van der Waals surface area contributed by atoms with Gasteiger partial charge in [-0.2, -0.15) is 0 Å². The van der Waals surface area contributed by atoms with E-state index in [0.29, 0.717) is 10.9 Å². The van der Waals surface area contributed by atoms with Crippen molar-refractivity contribution in [2.24, 2.45) is 0 Å². The van der Waals surface area contributed by atoms with Gasteiger partial charge < -0.3 is 4.74 Å². The minimum atomic E-state index is -0.341. The lowest BCUT2D eigenvalue weighted by molar-refractivity contribution is -0.118. The molecule has 0 saturated heterocycles. The fourth-order valence-corrected chi connectivity index (χ4v) is 2.56. The minimum absolute atomic E-state index is 0.133. The van der Waals surface area contributed by atoms with Crippen LogP contribution in [-0.2, 0) is 11.2 Å². The van der Waals surface area contributed by atoms with Gasteiger partial charge in [-0.1, -0.05) is 6.92 Å². The summed E-state index contributed by atoms with van der Waals surface area (Å²) in [6.45, 7) is 3.86. The van der Waals surface area contributed by atoms with Gasteiger partial charge in [-0.25, -0.2) is 9.37 Å². The third kappa shape index (κ3) is 3.77. The Hall–Kier alpha value is -1.95. The number of thiazole rings is 1. The van der Waals surface area contributed by atoms with E-state index in [-0.39, 0.29) is 18.3 Å². The zero-order valence-corrected chi connectivity index (χ0v) is 12.1. The van der Waals surface area contributed by atoms with E-state index in [1.54, 1.807) is 0 Å². The van der Waals surface area contributed by atoms with Crippen molar-refractivity contribution in [3.63, 3.8) is 0 Å². The maximum Gasteiger partial charge on any atom is 0.264 e. The van der Waals surface area contributed by atoms with Gasteiger partial charge in [-0.15, -0.1) is 11.3 Å². The number of nitrogens with one attached hydrogen (secondary N) is 1. The van der Waals surface area contributed by atoms with E-state index in [0.717, 1.165) is 17.0 Å². The van der Waals surface area contributed by atoms with E-state index in [1.807, 2.05) is 13.8 Å². The molecule has 0 aliphatic carbocycles. The summed E-state index contributed by atoms with van der Waals surface area (Å²) < 4.78 is 18.0. The average molecular weight is 294 g/mol. The third-order valence-corrected chi connectivity index (χ3v) is 3.59. The largest absolute Gasteiger partial charge is 0.484 e. The summed E-state index contributed by atoms with van der Waals surface area (Å²) in [7, 11) is 0. The van der Waals surface area contributed by atoms with Crippen LogP contribution in [0, 0.1) is 12.7 Å². The highest BCUT2D eigenvalue weighted by molar-refractivity contribution is 7.15. The van der Waals surface area contributed by atoms with Crippen LogP contribution in [0.25, 0.3) is 0 Å². The number of aryl methyl sites for hydroxylation is 2. The lowest BCUT2D eigenvalue weighted by Crippen LogP contribution is -2.20. The molecule has 0 fully saturated rings. The normalized spacial score (nSPS) is 10.3. The SMILES string of the molecule is CCc1nc(NC(=O)COc2ccc(F)cc2)sc1C. The highest BCUT2D eigenvalue weighted by Crippen LogP contribution is 2.22. The molecule has 1 heterocycles. The second kappa shape index (κ2) is 6.47. The van der Waals surface area contributed by atoms with Crippen LogP contribution in [0.5, 0.6) is 5.75 Å². The fraction of sp³-hybridized carbons (Fsp3) is 0.286. The number of carbonyl (C=O) groups is 1. The zero-order valence-electron chi connectivity index (χ0n) is 11.3. The smallest absolute Gasteiger partial charge is 0.264 e. The highest BCUT2D eigenvalue weighted by Gasteiger charge is 2.09. The Bertz CT molecular complexity index is 596. The standard InChI is InChI=1S/C14H15FN2O2S/c1-3-12-9(2)20-14(16-12)17-13(18)8-19-11-6-4-10(15)5-7-11/h4-7H,3,8H2,1-2H3,(H,16,17,18). The number of ether oxygens (including phenoxy) is 1. The van der Waals surface area contributed by atoms with E-state index in [1.165, 1.54) is 35.6 Å². The van der Waals surface area contributed by atoms with E-state index in [9.17, 15) is 9.18 Å². The number of benzene rings is 1. The van der Waals surface area contributed by atoms with Crippen molar-refractivity contribution in [3.8, 4) is 5.75 Å². The molecule has 0 bridgehead atoms. The van der Waals surface area contributed by atoms with Crippen LogP contribution in [0.1, 0.15) is 17.5 Å². The zero-order chi connectivity index (χ0) is 14.5. The van der Waals surface area contributed by atoms with E-state index in [4.69, 9.17) is 4.74 Å². The molecule has 2 aromatic rings. The Balaban J connectivity index is 1.87. The first-order valence-corrected chi connectivity index (χ1v) is 7.04. The molecule has 2 rings (SSSR count). The molecular weight excluding hydrogens is 279 g/mol. The molecule has 20 heavy (non-hydrogen) atoms. The summed E-state index contributed by atoms with van der Waals surface area (Å²) in [5, 5.41) is 3.26. The summed E-state index contributed by atoms with van der Waals surface area (Å²) >= 11 is 1.44. The number of amides is 1. The summed E-state index contributed by atoms with van der Waals surface area (Å²) in [5.74, 6) is -0.177. The van der Waals surface area contributed by atoms with E-state index >= 15 is 0 Å². The van der Waals surface area contributed by atoms with Gasteiger partial charge >= 0.3 is 0 Å². The highest BCUT2D eigenvalue weighted by atomic mass is 32.1. The van der Waals surface area contributed by atoms with Gasteiger partial charge in [-0.05, 0) is 37.6 Å². The molecule has 1 aromatic heterocycles. The number of hydrogen-bond acceptors (Lipinski definition) is 4. The predicted octanol–water partition coefficient (Wildman–Crippen LogP) is 3.17. The van der Waals surface area contributed by atoms with E-state index in [2.05, 4.69) is 10.3 Å². The number of rotatable bonds is 5. The van der Waals surface area contributed by atoms with Crippen LogP contribution in [0.3, 0.4) is 0 Å². The molecule has 0 aliphatic heterocycles. The number of halogens is 1. The van der Waals surface area contributed by atoms with Crippen molar-refractivity contribution in [1.82, 2.24) is 4.98 Å². The molecule has 0 spiro atoms. The quantitative estimate of drug-likeness (QED) is 0.921. The molecule has 4 nitrogen and oxygen atoms in total. The summed E-state index contributed by atoms with van der Waals surface area (Å²) in [4.78, 5) is 17.1. The number of nitrogens with zero attached hydrogens (tertiary/aromatic N) is 1. The molecular formula is C14H15FN2O2S. The molecule has 1 N–H and O–H groups in total. The molecule has 0 saturated carbocycles. The Morgan fingerprint density at radius 3 is 2.70 bits per heavy atom. The van der Waals surface area contributed by atoms with Gasteiger partial charge in [0.25, 0.3) is 5.91 Å². The first-order valence-electron chi connectivity index (χ1n) is 6.23. The van der Waals surface area contributed by atoms with Crippen molar-refractivity contribution in [2.45, 2.75) is 20.3 Å². The predicted molar refractivity (Wildman–Crippen MR) is 76.8 cm³/mol. The fourth-order valence-electron chi connectivity index (χ4n) is 1.64. The van der Waals surface area contributed by atoms with Crippen molar-refractivity contribution >= 4 is 22.4 Å². The summed E-state index contributed by atoms with van der Waals surface area (Å²) in [5.41, 5.74) is 0.991. The van der Waals surface area contributed by atoms with Crippen molar-refractivity contribution in [3.05, 3.63) is 40.7 Å². The lowest BCUT2D eigenvalue weighted by Gasteiger charge is -2.05. The first kappa shape index (κ1) is 14.5. The molecule has 0 aliphatic rings. The topological polar surface area (TPSA) is 51.2 Å². The second-order valence-corrected chi connectivity index (χ2v) is 5.37. The van der Waals surface area contributed by atoms with Gasteiger partial charge in [0.05, 0.1) is 5.69 Å². The van der Waals surface area contributed by atoms with Crippen LogP contribution in [0.4, 0.5) is 9.52 Å². The van der Waals surface area contributed by atoms with Crippen molar-refractivity contribution < 1.29 is 13.9 Å². The summed E-state index contributed by atoms with van der Waals surface area (Å²) in [6.07, 6.45) is 0.838. The van der Waals surface area contributed by atoms with Crippen LogP contribution in [-0.4, -0.2) is 17.5 Å². The molecule has 1 aromatic carbocycles. The van der Waals surface area contributed by atoms with Crippen LogP contribution in [0.15, 0.2) is 24.3 Å². The first-order chi connectivity index (χ1) is 9.58. The van der Waals surface area contributed by atoms with Crippen molar-refractivity contribution in [2.75, 3.05) is 11.9 Å². The summed E-state index contributed by atoms with van der Waals surface area (Å²) in [6, 6.07) is 5.52. The molecule has 0 unspecified atom stereocenters. The van der Waals surface area contributed by atoms with Crippen molar-refractivity contribution in [1.29, 1.82) is 0 Å². The monoisotopic (exact) mass is 294 g/mol. The van der Waals surface area contributed by atoms with Gasteiger partial charge in [-0.3, -0.25) is 10.1 Å². The maximum atomic E-state index is 12.7. The number of hydrogen-bond donors (Lipinski definition) is 1. The second-order valence-electron chi connectivity index (χ2n) is 4.17. The Kier molecular flexibility index (Phi) is 4.68. The Labute approximate surface area is 120 Å². The van der Waals surface area contributed by atoms with E-state index < -0.39 is 0 Å². The molecule has 6 heteroatoms. The van der Waals surface area contributed by atoms with Crippen LogP contribution in [0.2, 0.25) is 0 Å². The Morgan fingerprint density at radius 2 is 2.10 bits per heavy atom. The molecule has 0 radical (unpaired) electrons. The van der Waals surface area contributed by atoms with Gasteiger partial charge in [0.1, 0.15) is 11.6 Å². The minimum Gasteiger partial charge on any atom is -0.484 e. The maximum absolute atomic E-state index is 12.7. The lowest BCUT2D eigenvalue weighted by atomic mass is 10.3. The number of aromatic nitrogens is 1. The van der Waals surface area contributed by atoms with Gasteiger partial charge in [0, 0.05) is 4.88 Å².